The van der Waals surface area contributed by atoms with Gasteiger partial charge >= 0.3 is 30.4 Å². The first-order chi connectivity index (χ1) is 27.4. The quantitative estimate of drug-likeness (QED) is 0.0486. The van der Waals surface area contributed by atoms with Crippen LogP contribution in [0.4, 0.5) is 53.0 Å². The van der Waals surface area contributed by atoms with Crippen LogP contribution >= 0.6 is 0 Å². The first-order valence-electron chi connectivity index (χ1n) is 20.8. The van der Waals surface area contributed by atoms with E-state index in [-0.39, 0.29) is 29.6 Å². The summed E-state index contributed by atoms with van der Waals surface area (Å²) < 4.78 is 160. The van der Waals surface area contributed by atoms with Crippen LogP contribution in [0.5, 0.6) is 0 Å². The van der Waals surface area contributed by atoms with E-state index >= 15 is 0 Å². The number of alkyl halides is 11. The Kier molecular flexibility index (Phi) is 22.2. The zero-order valence-corrected chi connectivity index (χ0v) is 37.6. The Morgan fingerprint density at radius 3 is 1.31 bits per heavy atom. The molecular weight excluding hydrogens is 860 g/mol. The van der Waals surface area contributed by atoms with E-state index in [9.17, 15) is 62.7 Å². The fourth-order valence-corrected chi connectivity index (χ4v) is 7.56. The van der Waals surface area contributed by atoms with Gasteiger partial charge in [-0.2, -0.15) is 8.78 Å². The van der Waals surface area contributed by atoms with E-state index < -0.39 is 92.1 Å². The number of hydrogen-bond acceptors (Lipinski definition) is 8. The number of ether oxygens (including phenoxy) is 5. The zero-order valence-electron chi connectivity index (χ0n) is 37.6. The molecule has 0 radical (unpaired) electrons. The molecule has 4 aliphatic carbocycles. The van der Waals surface area contributed by atoms with E-state index in [1.165, 1.54) is 38.5 Å². The molecule has 4 aliphatic rings. The molecule has 368 valence electrons. The molecule has 4 fully saturated rings. The lowest BCUT2D eigenvalue weighted by molar-refractivity contribution is -0.431. The summed E-state index contributed by atoms with van der Waals surface area (Å²) in [5.41, 5.74) is -1.54. The number of hydrogen-bond donors (Lipinski definition) is 0. The number of carbonyl (C=O) groups is 3. The maximum Gasteiger partial charge on any atom is 0.527 e. The average molecular weight is 929 g/mol. The zero-order chi connectivity index (χ0) is 47.5. The van der Waals surface area contributed by atoms with Crippen LogP contribution in [-0.4, -0.2) is 81.2 Å². The van der Waals surface area contributed by atoms with Gasteiger partial charge in [-0.3, -0.25) is 19.1 Å². The maximum absolute atomic E-state index is 13.4. The summed E-state index contributed by atoms with van der Waals surface area (Å²) in [6.07, 6.45) is -4.91. The van der Waals surface area contributed by atoms with Crippen LogP contribution in [0.1, 0.15) is 146 Å². The van der Waals surface area contributed by atoms with Crippen molar-refractivity contribution in [1.29, 1.82) is 0 Å². The Bertz CT molecular complexity index is 1360. The molecule has 0 aromatic heterocycles. The highest BCUT2D eigenvalue weighted by Gasteiger charge is 2.52. The van der Waals surface area contributed by atoms with Crippen molar-refractivity contribution in [1.82, 2.24) is 0 Å². The largest absolute Gasteiger partial charge is 0.527 e. The summed E-state index contributed by atoms with van der Waals surface area (Å²) in [4.78, 5) is 35.2. The highest BCUT2D eigenvalue weighted by molar-refractivity contribution is 5.76. The second-order valence-corrected chi connectivity index (χ2v) is 19.1. The van der Waals surface area contributed by atoms with Crippen molar-refractivity contribution < 1.29 is 91.1 Å². The van der Waals surface area contributed by atoms with Gasteiger partial charge in [0.15, 0.2) is 0 Å². The van der Waals surface area contributed by atoms with Crippen molar-refractivity contribution in [3.05, 3.63) is 0 Å². The highest BCUT2D eigenvalue weighted by Crippen LogP contribution is 2.60. The van der Waals surface area contributed by atoms with Gasteiger partial charge in [0.25, 0.3) is 17.8 Å². The summed E-state index contributed by atoms with van der Waals surface area (Å²) in [6, 6.07) is 0. The molecular formula is C42H68F12O8. The lowest BCUT2D eigenvalue weighted by atomic mass is 9.50. The van der Waals surface area contributed by atoms with Crippen LogP contribution in [0.25, 0.3) is 0 Å². The molecule has 0 aliphatic heterocycles. The predicted octanol–water partition coefficient (Wildman–Crippen LogP) is 12.5. The van der Waals surface area contributed by atoms with Crippen LogP contribution < -0.4 is 0 Å². The number of halogens is 12. The Labute approximate surface area is 357 Å². The van der Waals surface area contributed by atoms with Crippen molar-refractivity contribution in [3.63, 3.8) is 0 Å². The van der Waals surface area contributed by atoms with Crippen molar-refractivity contribution in [2.24, 2.45) is 39.4 Å². The first kappa shape index (κ1) is 59.5. The molecule has 20 heteroatoms. The summed E-state index contributed by atoms with van der Waals surface area (Å²) >= 11 is 0. The Morgan fingerprint density at radius 2 is 0.935 bits per heavy atom. The summed E-state index contributed by atoms with van der Waals surface area (Å²) in [5.74, 6) is -10.3. The van der Waals surface area contributed by atoms with Gasteiger partial charge < -0.3 is 18.9 Å². The molecule has 0 amide bonds. The molecule has 4 rings (SSSR count). The molecule has 0 N–H and O–H groups in total. The van der Waals surface area contributed by atoms with Gasteiger partial charge in [-0.1, -0.05) is 20.8 Å². The molecule has 0 aromatic rings. The second-order valence-electron chi connectivity index (χ2n) is 19.1. The van der Waals surface area contributed by atoms with Gasteiger partial charge in [0.05, 0.1) is 48.9 Å². The van der Waals surface area contributed by atoms with Crippen LogP contribution in [-0.2, 0) is 38.1 Å². The van der Waals surface area contributed by atoms with E-state index in [1.807, 2.05) is 13.8 Å². The highest BCUT2D eigenvalue weighted by atomic mass is 19.4. The summed E-state index contributed by atoms with van der Waals surface area (Å²) in [7, 11) is 0. The fraction of sp³-hybridized carbons (Fsp3) is 0.929. The van der Waals surface area contributed by atoms with E-state index in [0.717, 1.165) is 24.2 Å². The number of rotatable bonds is 21. The topological polar surface area (TPSA) is 97.4 Å². The molecule has 0 atom stereocenters. The third kappa shape index (κ3) is 21.9. The molecule has 0 saturated heterocycles. The predicted molar refractivity (Wildman–Crippen MR) is 205 cm³/mol. The normalized spacial score (nSPS) is 21.7. The van der Waals surface area contributed by atoms with Crippen molar-refractivity contribution in [2.75, 3.05) is 33.0 Å². The minimum atomic E-state index is -5.45. The van der Waals surface area contributed by atoms with E-state index in [0.29, 0.717) is 24.9 Å². The lowest BCUT2D eigenvalue weighted by Gasteiger charge is -2.56. The van der Waals surface area contributed by atoms with E-state index in [1.54, 1.807) is 41.5 Å². The van der Waals surface area contributed by atoms with Crippen LogP contribution in [0.2, 0.25) is 0 Å². The standard InChI is InChI=1S/C17H28O2.C14H22F6O2.C11H17F5O4.FH/c1-4-16(2,3)15(18)19-11-17-8-12-5-13(9-17)7-14(6-12)10-17;1-5-11(2,3)10(21)22-7-6-13(17,18)9-14(19,20)8-12(4,15)16;1-4-9(2,3)8(17)19-6-5-18-7-10(12,13)20-11(14,15)16;/h12-14H,4-11H2,1-3H3;5-9H2,1-4H3;4-7H2,1-3H3;1H. The minimum Gasteiger partial charge on any atom is -0.465 e. The Hall–Kier alpha value is -2.51. The van der Waals surface area contributed by atoms with Gasteiger partial charge in [-0.25, -0.2) is 31.1 Å². The van der Waals surface area contributed by atoms with Gasteiger partial charge in [0.2, 0.25) is 0 Å². The third-order valence-corrected chi connectivity index (χ3v) is 11.8. The fourth-order valence-electron chi connectivity index (χ4n) is 7.56. The summed E-state index contributed by atoms with van der Waals surface area (Å²) in [6.45, 7) is 13.8. The summed E-state index contributed by atoms with van der Waals surface area (Å²) in [5, 5.41) is 0. The SMILES string of the molecule is CCC(C)(C)C(=O)OCC12CC3CC(CC(C3)C1)C2.CCC(C)(C)C(=O)OCCC(F)(F)CC(F)(F)CC(C)(F)F.CCC(C)(C)C(=O)OCCOCC(F)(F)OC(F)(F)F.F. The lowest BCUT2D eigenvalue weighted by Crippen LogP contribution is -2.48. The molecule has 0 heterocycles. The molecule has 4 bridgehead atoms. The van der Waals surface area contributed by atoms with Gasteiger partial charge in [0.1, 0.15) is 13.2 Å². The molecule has 0 spiro atoms. The van der Waals surface area contributed by atoms with Gasteiger partial charge in [-0.15, -0.1) is 13.2 Å². The molecule has 4 saturated carbocycles. The van der Waals surface area contributed by atoms with Gasteiger partial charge in [0, 0.05) is 11.8 Å². The van der Waals surface area contributed by atoms with Crippen molar-refractivity contribution in [3.8, 4) is 0 Å². The third-order valence-electron chi connectivity index (χ3n) is 11.8. The van der Waals surface area contributed by atoms with Crippen molar-refractivity contribution >= 4 is 17.9 Å². The number of esters is 3. The van der Waals surface area contributed by atoms with Gasteiger partial charge in [-0.05, 0) is 124 Å². The van der Waals surface area contributed by atoms with Crippen LogP contribution in [0.3, 0.4) is 0 Å². The van der Waals surface area contributed by atoms with E-state index in [2.05, 4.69) is 21.1 Å². The molecule has 8 nitrogen and oxygen atoms in total. The first-order valence-corrected chi connectivity index (χ1v) is 20.8. The minimum absolute atomic E-state index is 0. The Morgan fingerprint density at radius 1 is 0.548 bits per heavy atom. The Balaban J connectivity index is 0.000000894. The van der Waals surface area contributed by atoms with Crippen molar-refractivity contribution in [2.45, 2.75) is 177 Å². The van der Waals surface area contributed by atoms with E-state index in [4.69, 9.17) is 9.47 Å². The number of carbonyl (C=O) groups excluding carboxylic acids is 3. The second kappa shape index (κ2) is 23.1. The van der Waals surface area contributed by atoms with Crippen LogP contribution in [0, 0.1) is 39.4 Å². The molecule has 0 aromatic carbocycles. The molecule has 0 unspecified atom stereocenters. The monoisotopic (exact) mass is 928 g/mol. The average Bonchev–Trinajstić information content (AvgIpc) is 3.07. The smallest absolute Gasteiger partial charge is 0.465 e. The molecule has 62 heavy (non-hydrogen) atoms. The maximum atomic E-state index is 13.4. The van der Waals surface area contributed by atoms with Crippen LogP contribution in [0.15, 0.2) is 0 Å².